The van der Waals surface area contributed by atoms with Crippen LogP contribution in [0.3, 0.4) is 0 Å². The van der Waals surface area contributed by atoms with E-state index in [1.54, 1.807) is 12.1 Å². The fraction of sp³-hybridized carbons (Fsp3) is 0.273. The maximum absolute atomic E-state index is 14.3. The highest BCUT2D eigenvalue weighted by atomic mass is 19.1. The Bertz CT molecular complexity index is 1150. The predicted molar refractivity (Wildman–Crippen MR) is 115 cm³/mol. The van der Waals surface area contributed by atoms with Gasteiger partial charge in [0.05, 0.1) is 29.1 Å². The molecule has 3 heterocycles. The molecule has 0 aliphatic carbocycles. The molecule has 0 radical (unpaired) electrons. The summed E-state index contributed by atoms with van der Waals surface area (Å²) in [4.78, 5) is 30.0. The number of benzene rings is 1. The predicted octanol–water partition coefficient (Wildman–Crippen LogP) is 2.49. The Morgan fingerprint density at radius 1 is 1.21 bits per heavy atom. The molecular formula is C22H22F2N6O3. The largest absolute Gasteiger partial charge is 0.465 e. The quantitative estimate of drug-likeness (QED) is 0.480. The van der Waals surface area contributed by atoms with Crippen LogP contribution in [0, 0.1) is 11.8 Å². The molecule has 1 aromatic carbocycles. The number of halogens is 2. The van der Waals surface area contributed by atoms with E-state index in [4.69, 9.17) is 5.11 Å². The first-order valence-corrected chi connectivity index (χ1v) is 10.4. The van der Waals surface area contributed by atoms with E-state index in [-0.39, 0.29) is 35.4 Å². The molecule has 0 unspecified atom stereocenters. The Morgan fingerprint density at radius 3 is 2.73 bits per heavy atom. The minimum atomic E-state index is -1.00. The second-order valence-corrected chi connectivity index (χ2v) is 7.63. The number of hydrogen-bond donors (Lipinski definition) is 3. The molecule has 3 N–H and O–H groups in total. The van der Waals surface area contributed by atoms with Gasteiger partial charge in [-0.05, 0) is 42.7 Å². The first-order valence-electron chi connectivity index (χ1n) is 10.4. The Kier molecular flexibility index (Phi) is 6.48. The van der Waals surface area contributed by atoms with Gasteiger partial charge in [-0.1, -0.05) is 12.1 Å². The average Bonchev–Trinajstić information content (AvgIpc) is 3.13. The van der Waals surface area contributed by atoms with Crippen LogP contribution in [-0.2, 0) is 6.42 Å². The van der Waals surface area contributed by atoms with Crippen molar-refractivity contribution in [1.29, 1.82) is 0 Å². The number of likely N-dealkylation sites (tertiary alicyclic amines) is 1. The van der Waals surface area contributed by atoms with E-state index >= 15 is 0 Å². The molecule has 11 heteroatoms. The number of carboxylic acid groups (broad SMARTS) is 1. The lowest BCUT2D eigenvalue weighted by Crippen LogP contribution is -2.55. The number of carbonyl (C=O) groups excluding carboxylic acids is 1. The van der Waals surface area contributed by atoms with Crippen LogP contribution in [0.25, 0.3) is 11.3 Å². The number of nitrogens with zero attached hydrogens (tertiary/aromatic N) is 4. The molecule has 1 fully saturated rings. The summed E-state index contributed by atoms with van der Waals surface area (Å²) in [6.07, 6.45) is 3.00. The summed E-state index contributed by atoms with van der Waals surface area (Å²) in [6, 6.07) is 9.04. The van der Waals surface area contributed by atoms with Gasteiger partial charge >= 0.3 is 6.09 Å². The number of nitrogens with one attached hydrogen (secondary N) is 2. The summed E-state index contributed by atoms with van der Waals surface area (Å²) < 4.78 is 27.6. The van der Waals surface area contributed by atoms with Crippen molar-refractivity contribution in [3.63, 3.8) is 0 Å². The fourth-order valence-electron chi connectivity index (χ4n) is 3.52. The van der Waals surface area contributed by atoms with E-state index in [1.165, 1.54) is 46.3 Å². The van der Waals surface area contributed by atoms with E-state index in [0.29, 0.717) is 31.6 Å². The van der Waals surface area contributed by atoms with Crippen molar-refractivity contribution in [3.8, 4) is 11.3 Å². The molecule has 0 saturated carbocycles. The highest BCUT2D eigenvalue weighted by Crippen LogP contribution is 2.20. The number of amides is 2. The molecule has 4 rings (SSSR count). The number of carbonyl (C=O) groups is 2. The van der Waals surface area contributed by atoms with Crippen molar-refractivity contribution >= 4 is 12.0 Å². The topological polar surface area (TPSA) is 112 Å². The molecule has 2 amide bonds. The lowest BCUT2D eigenvalue weighted by Gasteiger charge is -2.38. The van der Waals surface area contributed by atoms with Gasteiger partial charge in [0.25, 0.3) is 5.91 Å². The van der Waals surface area contributed by atoms with Gasteiger partial charge in [0.1, 0.15) is 5.82 Å². The summed E-state index contributed by atoms with van der Waals surface area (Å²) in [5.41, 5.74) is 4.47. The molecule has 9 nitrogen and oxygen atoms in total. The van der Waals surface area contributed by atoms with Crippen LogP contribution < -0.4 is 10.7 Å². The Labute approximate surface area is 188 Å². The van der Waals surface area contributed by atoms with Gasteiger partial charge in [0.15, 0.2) is 0 Å². The van der Waals surface area contributed by atoms with E-state index in [2.05, 4.69) is 20.8 Å². The third-order valence-corrected chi connectivity index (χ3v) is 5.44. The van der Waals surface area contributed by atoms with Gasteiger partial charge in [-0.2, -0.15) is 9.18 Å². The third kappa shape index (κ3) is 5.25. The van der Waals surface area contributed by atoms with Gasteiger partial charge in [-0.3, -0.25) is 9.78 Å². The van der Waals surface area contributed by atoms with Crippen molar-refractivity contribution in [2.45, 2.75) is 18.9 Å². The highest BCUT2D eigenvalue weighted by molar-refractivity contribution is 5.94. The van der Waals surface area contributed by atoms with Crippen LogP contribution in [0.15, 0.2) is 48.8 Å². The summed E-state index contributed by atoms with van der Waals surface area (Å²) in [5.74, 6) is -1.42. The van der Waals surface area contributed by atoms with Crippen LogP contribution in [0.5, 0.6) is 0 Å². The molecule has 33 heavy (non-hydrogen) atoms. The van der Waals surface area contributed by atoms with Crippen LogP contribution >= 0.6 is 0 Å². The standard InChI is InChI=1S/C22H22F2N6O3/c23-16-3-1-2-14(10-16)6-8-27-30-13-18(20(24)28-30)19-5-4-15(11-25-19)21(31)26-12-17-7-9-29(17)22(32)33/h1-5,10-11,13,17,27H,6-9,12H2,(H,26,31)(H,32,33)/t17-/m1/s1. The fourth-order valence-corrected chi connectivity index (χ4v) is 3.52. The molecular weight excluding hydrogens is 434 g/mol. The summed E-state index contributed by atoms with van der Waals surface area (Å²) >= 11 is 0. The zero-order valence-electron chi connectivity index (χ0n) is 17.5. The molecule has 1 atom stereocenters. The lowest BCUT2D eigenvalue weighted by molar-refractivity contribution is 0.0703. The van der Waals surface area contributed by atoms with Gasteiger partial charge in [0, 0.05) is 25.8 Å². The lowest BCUT2D eigenvalue weighted by atomic mass is 10.0. The highest BCUT2D eigenvalue weighted by Gasteiger charge is 2.32. The SMILES string of the molecule is O=C(NC[C@H]1CCN1C(=O)O)c1ccc(-c2cn(NCCc3cccc(F)c3)nc2F)nc1. The summed E-state index contributed by atoms with van der Waals surface area (Å²) in [7, 11) is 0. The third-order valence-electron chi connectivity index (χ3n) is 5.44. The van der Waals surface area contributed by atoms with E-state index in [0.717, 1.165) is 5.56 Å². The summed E-state index contributed by atoms with van der Waals surface area (Å²) in [6.45, 7) is 1.09. The summed E-state index contributed by atoms with van der Waals surface area (Å²) in [5, 5.41) is 15.5. The minimum absolute atomic E-state index is 0.159. The Balaban J connectivity index is 1.32. The van der Waals surface area contributed by atoms with Gasteiger partial charge < -0.3 is 20.7 Å². The van der Waals surface area contributed by atoms with Crippen molar-refractivity contribution < 1.29 is 23.5 Å². The zero-order chi connectivity index (χ0) is 23.4. The molecule has 172 valence electrons. The van der Waals surface area contributed by atoms with Gasteiger partial charge in [-0.15, -0.1) is 5.10 Å². The van der Waals surface area contributed by atoms with Crippen molar-refractivity contribution in [2.24, 2.45) is 0 Å². The Hall–Kier alpha value is -4.02. The van der Waals surface area contributed by atoms with Crippen LogP contribution in [0.1, 0.15) is 22.3 Å². The molecule has 2 aromatic heterocycles. The molecule has 1 aliphatic heterocycles. The normalized spacial score (nSPS) is 15.1. The number of rotatable bonds is 8. The smallest absolute Gasteiger partial charge is 0.407 e. The average molecular weight is 456 g/mol. The molecule has 0 bridgehead atoms. The molecule has 1 saturated heterocycles. The maximum Gasteiger partial charge on any atom is 0.407 e. The molecule has 3 aromatic rings. The second-order valence-electron chi connectivity index (χ2n) is 7.63. The number of hydrogen-bond acceptors (Lipinski definition) is 5. The first-order chi connectivity index (χ1) is 15.9. The van der Waals surface area contributed by atoms with Crippen molar-refractivity contribution in [3.05, 3.63) is 71.7 Å². The minimum Gasteiger partial charge on any atom is -0.465 e. The van der Waals surface area contributed by atoms with Gasteiger partial charge in [-0.25, -0.2) is 9.18 Å². The van der Waals surface area contributed by atoms with Crippen LogP contribution in [0.2, 0.25) is 0 Å². The van der Waals surface area contributed by atoms with Gasteiger partial charge in [0.2, 0.25) is 5.95 Å². The van der Waals surface area contributed by atoms with E-state index < -0.39 is 12.0 Å². The van der Waals surface area contributed by atoms with E-state index in [9.17, 15) is 18.4 Å². The van der Waals surface area contributed by atoms with Crippen molar-refractivity contribution in [1.82, 2.24) is 25.1 Å². The van der Waals surface area contributed by atoms with Crippen LogP contribution in [-0.4, -0.2) is 62.6 Å². The first kappa shape index (κ1) is 22.2. The molecule has 0 spiro atoms. The maximum atomic E-state index is 14.3. The number of pyridine rings is 1. The van der Waals surface area contributed by atoms with Crippen LogP contribution in [0.4, 0.5) is 13.6 Å². The number of aromatic nitrogens is 3. The van der Waals surface area contributed by atoms with E-state index in [1.807, 2.05) is 0 Å². The molecule has 1 aliphatic rings. The zero-order valence-corrected chi connectivity index (χ0v) is 17.5. The second kappa shape index (κ2) is 9.63. The Morgan fingerprint density at radius 2 is 2.06 bits per heavy atom. The van der Waals surface area contributed by atoms with Crippen molar-refractivity contribution in [2.75, 3.05) is 25.1 Å². The monoisotopic (exact) mass is 456 g/mol.